The van der Waals surface area contributed by atoms with Crippen LogP contribution in [0.2, 0.25) is 0 Å². The number of hydrogen-bond acceptors (Lipinski definition) is 7. The smallest absolute Gasteiger partial charge is 0.250 e. The number of ether oxygens (including phenoxy) is 2. The minimum atomic E-state index is -0.250. The van der Waals surface area contributed by atoms with E-state index in [1.54, 1.807) is 20.3 Å². The van der Waals surface area contributed by atoms with E-state index in [2.05, 4.69) is 43.2 Å². The van der Waals surface area contributed by atoms with Gasteiger partial charge < -0.3 is 9.47 Å². The first-order valence-electron chi connectivity index (χ1n) is 10.3. The number of amides is 1. The number of methoxy groups -OCH3 is 2. The van der Waals surface area contributed by atoms with Crippen molar-refractivity contribution in [2.24, 2.45) is 5.10 Å². The molecule has 0 aliphatic heterocycles. The van der Waals surface area contributed by atoms with Crippen molar-refractivity contribution >= 4 is 39.3 Å². The van der Waals surface area contributed by atoms with Crippen LogP contribution in [0.1, 0.15) is 19.4 Å². The fourth-order valence-corrected chi connectivity index (χ4v) is 4.05. The maximum absolute atomic E-state index is 12.5. The number of hydrazone groups is 1. The van der Waals surface area contributed by atoms with Crippen LogP contribution in [-0.4, -0.2) is 46.4 Å². The van der Waals surface area contributed by atoms with Gasteiger partial charge in [-0.2, -0.15) is 5.10 Å². The van der Waals surface area contributed by atoms with Crippen LogP contribution in [0, 0.1) is 0 Å². The largest absolute Gasteiger partial charge is 0.493 e. The Morgan fingerprint density at radius 1 is 1.12 bits per heavy atom. The molecule has 0 radical (unpaired) electrons. The molecular weight excluding hydrogens is 518 g/mol. The Balaban J connectivity index is 1.68. The third-order valence-corrected chi connectivity index (χ3v) is 6.22. The number of rotatable bonds is 10. The molecule has 1 heterocycles. The van der Waals surface area contributed by atoms with Gasteiger partial charge in [0.05, 0.1) is 25.7 Å². The zero-order chi connectivity index (χ0) is 24.7. The van der Waals surface area contributed by atoms with Crippen LogP contribution in [0.5, 0.6) is 11.5 Å². The van der Waals surface area contributed by atoms with Gasteiger partial charge in [-0.25, -0.2) is 5.43 Å². The number of halogens is 1. The van der Waals surface area contributed by atoms with Crippen molar-refractivity contribution in [1.29, 1.82) is 0 Å². The normalized spacial score (nSPS) is 11.3. The summed E-state index contributed by atoms with van der Waals surface area (Å²) in [5.41, 5.74) is 5.94. The van der Waals surface area contributed by atoms with E-state index < -0.39 is 0 Å². The summed E-state index contributed by atoms with van der Waals surface area (Å²) in [5.74, 6) is 1.83. The molecule has 178 valence electrons. The number of allylic oxidation sites excluding steroid dienone is 1. The number of carbonyl (C=O) groups excluding carboxylic acids is 1. The van der Waals surface area contributed by atoms with Crippen LogP contribution in [0.3, 0.4) is 0 Å². The Labute approximate surface area is 211 Å². The maximum atomic E-state index is 12.5. The second kappa shape index (κ2) is 11.8. The first-order chi connectivity index (χ1) is 16.3. The highest BCUT2D eigenvalue weighted by atomic mass is 79.9. The van der Waals surface area contributed by atoms with E-state index in [4.69, 9.17) is 9.47 Å². The highest BCUT2D eigenvalue weighted by Crippen LogP contribution is 2.28. The molecule has 0 saturated carbocycles. The van der Waals surface area contributed by atoms with Crippen LogP contribution < -0.4 is 14.9 Å². The zero-order valence-electron chi connectivity index (χ0n) is 19.5. The molecule has 34 heavy (non-hydrogen) atoms. The Morgan fingerprint density at radius 2 is 1.82 bits per heavy atom. The van der Waals surface area contributed by atoms with Gasteiger partial charge in [-0.15, -0.1) is 10.2 Å². The molecule has 0 unspecified atom stereocenters. The van der Waals surface area contributed by atoms with Crippen molar-refractivity contribution in [3.8, 4) is 22.9 Å². The predicted molar refractivity (Wildman–Crippen MR) is 139 cm³/mol. The zero-order valence-corrected chi connectivity index (χ0v) is 21.9. The summed E-state index contributed by atoms with van der Waals surface area (Å²) in [6.45, 7) is 8.31. The fourth-order valence-electron chi connectivity index (χ4n) is 3.05. The van der Waals surface area contributed by atoms with Gasteiger partial charge in [0.25, 0.3) is 5.91 Å². The quantitative estimate of drug-likeness (QED) is 0.169. The molecule has 1 amide bonds. The molecule has 3 rings (SSSR count). The van der Waals surface area contributed by atoms with Crippen LogP contribution in [0.4, 0.5) is 0 Å². The van der Waals surface area contributed by atoms with Gasteiger partial charge in [-0.05, 0) is 44.2 Å². The SMILES string of the molecule is C=C(C)Cn1c(SCC(=O)NN=C(C)c2ccc(OC)c(OC)c2)nnc1-c1ccc(Br)cc1. The first kappa shape index (κ1) is 25.5. The van der Waals surface area contributed by atoms with E-state index in [0.717, 1.165) is 27.0 Å². The van der Waals surface area contributed by atoms with Gasteiger partial charge in [0.15, 0.2) is 22.5 Å². The average molecular weight is 544 g/mol. The molecule has 2 aromatic carbocycles. The van der Waals surface area contributed by atoms with Crippen LogP contribution >= 0.6 is 27.7 Å². The standard InChI is InChI=1S/C24H26BrN5O3S/c1-15(2)13-30-23(17-6-9-19(25)10-7-17)28-29-24(30)34-14-22(31)27-26-16(3)18-8-11-20(32-4)21(12-18)33-5/h6-12H,1,13-14H2,2-5H3,(H,27,31). The molecule has 8 nitrogen and oxygen atoms in total. The number of hydrogen-bond donors (Lipinski definition) is 1. The fraction of sp³-hybridized carbons (Fsp3) is 0.250. The Kier molecular flexibility index (Phi) is 8.89. The van der Waals surface area contributed by atoms with Gasteiger partial charge in [-0.1, -0.05) is 52.0 Å². The number of nitrogens with one attached hydrogen (secondary N) is 1. The van der Waals surface area contributed by atoms with Crippen LogP contribution in [0.15, 0.2) is 69.3 Å². The molecule has 10 heteroatoms. The highest BCUT2D eigenvalue weighted by Gasteiger charge is 2.16. The molecule has 1 aromatic heterocycles. The predicted octanol–water partition coefficient (Wildman–Crippen LogP) is 4.93. The van der Waals surface area contributed by atoms with Gasteiger partial charge in [0.1, 0.15) is 0 Å². The molecule has 0 atom stereocenters. The van der Waals surface area contributed by atoms with Gasteiger partial charge in [-0.3, -0.25) is 9.36 Å². The highest BCUT2D eigenvalue weighted by molar-refractivity contribution is 9.10. The van der Waals surface area contributed by atoms with Crippen molar-refractivity contribution in [2.45, 2.75) is 25.5 Å². The molecule has 0 aliphatic carbocycles. The molecular formula is C24H26BrN5O3S. The maximum Gasteiger partial charge on any atom is 0.250 e. The lowest BCUT2D eigenvalue weighted by Crippen LogP contribution is -2.21. The minimum absolute atomic E-state index is 0.136. The molecule has 0 aliphatic rings. The molecule has 0 saturated heterocycles. The average Bonchev–Trinajstić information content (AvgIpc) is 3.22. The number of benzene rings is 2. The van der Waals surface area contributed by atoms with Gasteiger partial charge in [0, 0.05) is 22.1 Å². The van der Waals surface area contributed by atoms with E-state index in [1.807, 2.05) is 54.8 Å². The number of thioether (sulfide) groups is 1. The number of carbonyl (C=O) groups is 1. The van der Waals surface area contributed by atoms with E-state index in [9.17, 15) is 4.79 Å². The molecule has 1 N–H and O–H groups in total. The van der Waals surface area contributed by atoms with E-state index in [0.29, 0.717) is 28.9 Å². The van der Waals surface area contributed by atoms with Crippen LogP contribution in [-0.2, 0) is 11.3 Å². The molecule has 0 fully saturated rings. The summed E-state index contributed by atoms with van der Waals surface area (Å²) < 4.78 is 13.5. The van der Waals surface area contributed by atoms with Crippen molar-refractivity contribution in [1.82, 2.24) is 20.2 Å². The third kappa shape index (κ3) is 6.48. The monoisotopic (exact) mass is 543 g/mol. The molecule has 0 spiro atoms. The van der Waals surface area contributed by atoms with Gasteiger partial charge >= 0.3 is 0 Å². The van der Waals surface area contributed by atoms with Crippen LogP contribution in [0.25, 0.3) is 11.4 Å². The molecule has 0 bridgehead atoms. The summed E-state index contributed by atoms with van der Waals surface area (Å²) in [5, 5.41) is 13.5. The van der Waals surface area contributed by atoms with E-state index >= 15 is 0 Å². The third-order valence-electron chi connectivity index (χ3n) is 4.73. The lowest BCUT2D eigenvalue weighted by molar-refractivity contribution is -0.118. The van der Waals surface area contributed by atoms with Crippen molar-refractivity contribution in [2.75, 3.05) is 20.0 Å². The second-order valence-electron chi connectivity index (χ2n) is 7.45. The van der Waals surface area contributed by atoms with Gasteiger partial charge in [0.2, 0.25) is 0 Å². The van der Waals surface area contributed by atoms with Crippen molar-refractivity contribution in [3.05, 3.63) is 64.7 Å². The number of nitrogens with zero attached hydrogens (tertiary/aromatic N) is 4. The first-order valence-corrected chi connectivity index (χ1v) is 12.1. The second-order valence-corrected chi connectivity index (χ2v) is 9.31. The summed E-state index contributed by atoms with van der Waals surface area (Å²) in [4.78, 5) is 12.5. The van der Waals surface area contributed by atoms with Crippen molar-refractivity contribution in [3.63, 3.8) is 0 Å². The Bertz CT molecular complexity index is 1210. The minimum Gasteiger partial charge on any atom is -0.493 e. The summed E-state index contributed by atoms with van der Waals surface area (Å²) in [7, 11) is 3.15. The Morgan fingerprint density at radius 3 is 2.47 bits per heavy atom. The summed E-state index contributed by atoms with van der Waals surface area (Å²) >= 11 is 4.74. The van der Waals surface area contributed by atoms with E-state index in [1.165, 1.54) is 11.8 Å². The summed E-state index contributed by atoms with van der Waals surface area (Å²) in [6.07, 6.45) is 0. The topological polar surface area (TPSA) is 90.6 Å². The lowest BCUT2D eigenvalue weighted by atomic mass is 10.1. The lowest BCUT2D eigenvalue weighted by Gasteiger charge is -2.10. The summed E-state index contributed by atoms with van der Waals surface area (Å²) in [6, 6.07) is 13.3. The number of aromatic nitrogens is 3. The Hall–Kier alpha value is -3.11. The molecule has 3 aromatic rings. The van der Waals surface area contributed by atoms with E-state index in [-0.39, 0.29) is 11.7 Å². The van der Waals surface area contributed by atoms with Crippen molar-refractivity contribution < 1.29 is 14.3 Å².